The minimum absolute atomic E-state index is 0.409. The molecule has 0 aromatic carbocycles. The minimum atomic E-state index is 0.409. The molecule has 1 heterocycles. The Balaban J connectivity index is 1.88. The molecule has 0 amide bonds. The second-order valence-corrected chi connectivity index (χ2v) is 6.20. The lowest BCUT2D eigenvalue weighted by molar-refractivity contribution is 0.180. The van der Waals surface area contributed by atoms with Crippen LogP contribution in [0.2, 0.25) is 0 Å². The summed E-state index contributed by atoms with van der Waals surface area (Å²) >= 11 is 1.84. The van der Waals surface area contributed by atoms with E-state index in [1.165, 1.54) is 30.6 Å². The molecule has 0 saturated heterocycles. The van der Waals surface area contributed by atoms with Gasteiger partial charge in [-0.3, -0.25) is 0 Å². The van der Waals surface area contributed by atoms with Crippen LogP contribution < -0.4 is 5.73 Å². The van der Waals surface area contributed by atoms with Gasteiger partial charge in [0, 0.05) is 18.0 Å². The van der Waals surface area contributed by atoms with E-state index in [9.17, 15) is 0 Å². The first-order valence-corrected chi connectivity index (χ1v) is 7.03. The largest absolute Gasteiger partial charge is 0.330 e. The van der Waals surface area contributed by atoms with Crippen LogP contribution in [0, 0.1) is 5.41 Å². The van der Waals surface area contributed by atoms with Crippen LogP contribution in [-0.2, 0) is 6.54 Å². The lowest BCUT2D eigenvalue weighted by atomic mass is 9.86. The van der Waals surface area contributed by atoms with Crippen LogP contribution in [0.3, 0.4) is 0 Å². The third-order valence-electron chi connectivity index (χ3n) is 3.71. The zero-order valence-electron chi connectivity index (χ0n) is 10.1. The van der Waals surface area contributed by atoms with Crippen LogP contribution in [0.4, 0.5) is 0 Å². The van der Waals surface area contributed by atoms with Gasteiger partial charge in [0.1, 0.15) is 0 Å². The van der Waals surface area contributed by atoms with Crippen LogP contribution in [0.15, 0.2) is 17.5 Å². The van der Waals surface area contributed by atoms with Crippen LogP contribution in [-0.4, -0.2) is 25.0 Å². The summed E-state index contributed by atoms with van der Waals surface area (Å²) in [4.78, 5) is 3.89. The summed E-state index contributed by atoms with van der Waals surface area (Å²) in [6.07, 6.45) is 5.37. The van der Waals surface area contributed by atoms with E-state index in [-0.39, 0.29) is 0 Å². The van der Waals surface area contributed by atoms with Gasteiger partial charge in [-0.2, -0.15) is 0 Å². The average molecular weight is 238 g/mol. The summed E-state index contributed by atoms with van der Waals surface area (Å²) in [6, 6.07) is 4.34. The van der Waals surface area contributed by atoms with Crippen molar-refractivity contribution in [2.45, 2.75) is 32.2 Å². The number of nitrogens with two attached hydrogens (primary N) is 1. The summed E-state index contributed by atoms with van der Waals surface area (Å²) in [7, 11) is 2.22. The van der Waals surface area contributed by atoms with Crippen molar-refractivity contribution in [2.75, 3.05) is 20.1 Å². The molecule has 0 aliphatic heterocycles. The SMILES string of the molecule is CN(Cc1cccs1)CC1(CN)CCCC1. The smallest absolute Gasteiger partial charge is 0.0325 e. The Hall–Kier alpha value is -0.380. The van der Waals surface area contributed by atoms with Crippen LogP contribution in [0.5, 0.6) is 0 Å². The molecule has 2 N–H and O–H groups in total. The van der Waals surface area contributed by atoms with Gasteiger partial charge in [-0.05, 0) is 43.3 Å². The Kier molecular flexibility index (Phi) is 4.00. The normalized spacial score (nSPS) is 19.4. The molecule has 1 aromatic heterocycles. The maximum atomic E-state index is 5.97. The van der Waals surface area contributed by atoms with Crippen molar-refractivity contribution in [3.05, 3.63) is 22.4 Å². The fourth-order valence-corrected chi connectivity index (χ4v) is 3.63. The molecule has 0 spiro atoms. The van der Waals surface area contributed by atoms with Crippen molar-refractivity contribution in [1.82, 2.24) is 4.90 Å². The summed E-state index contributed by atoms with van der Waals surface area (Å²) in [6.45, 7) is 3.07. The van der Waals surface area contributed by atoms with Crippen molar-refractivity contribution in [3.63, 3.8) is 0 Å². The topological polar surface area (TPSA) is 29.3 Å². The summed E-state index contributed by atoms with van der Waals surface area (Å²) in [5.41, 5.74) is 6.38. The van der Waals surface area contributed by atoms with Crippen LogP contribution in [0.1, 0.15) is 30.6 Å². The highest BCUT2D eigenvalue weighted by atomic mass is 32.1. The van der Waals surface area contributed by atoms with Crippen molar-refractivity contribution in [1.29, 1.82) is 0 Å². The molecule has 2 rings (SSSR count). The number of thiophene rings is 1. The second-order valence-electron chi connectivity index (χ2n) is 5.16. The molecule has 0 unspecified atom stereocenters. The Bertz CT molecular complexity index is 302. The van der Waals surface area contributed by atoms with Crippen LogP contribution in [0.25, 0.3) is 0 Å². The monoisotopic (exact) mass is 238 g/mol. The minimum Gasteiger partial charge on any atom is -0.330 e. The van der Waals surface area contributed by atoms with E-state index < -0.39 is 0 Å². The molecule has 3 heteroatoms. The van der Waals surface area contributed by atoms with Gasteiger partial charge in [-0.15, -0.1) is 11.3 Å². The maximum absolute atomic E-state index is 5.97. The highest BCUT2D eigenvalue weighted by molar-refractivity contribution is 7.09. The highest BCUT2D eigenvalue weighted by Gasteiger charge is 2.33. The van der Waals surface area contributed by atoms with Gasteiger partial charge in [-0.25, -0.2) is 0 Å². The molecule has 1 aliphatic carbocycles. The summed E-state index contributed by atoms with van der Waals surface area (Å²) in [5.74, 6) is 0. The predicted octanol–water partition coefficient (Wildman–Crippen LogP) is 2.70. The molecule has 90 valence electrons. The zero-order chi connectivity index (χ0) is 11.4. The Morgan fingerprint density at radius 3 is 2.75 bits per heavy atom. The Labute approximate surface area is 102 Å². The molecule has 0 atom stereocenters. The molecule has 0 bridgehead atoms. The Morgan fingerprint density at radius 2 is 2.19 bits per heavy atom. The first-order chi connectivity index (χ1) is 7.74. The van der Waals surface area contributed by atoms with E-state index in [4.69, 9.17) is 5.73 Å². The molecular formula is C13H22N2S. The molecule has 1 aromatic rings. The molecule has 0 radical (unpaired) electrons. The number of nitrogens with zero attached hydrogens (tertiary/aromatic N) is 1. The maximum Gasteiger partial charge on any atom is 0.0325 e. The second kappa shape index (κ2) is 5.30. The van der Waals surface area contributed by atoms with Crippen molar-refractivity contribution in [2.24, 2.45) is 11.1 Å². The van der Waals surface area contributed by atoms with E-state index in [2.05, 4.69) is 29.5 Å². The van der Waals surface area contributed by atoms with Gasteiger partial charge < -0.3 is 10.6 Å². The van der Waals surface area contributed by atoms with Crippen molar-refractivity contribution < 1.29 is 0 Å². The van der Waals surface area contributed by atoms with Gasteiger partial charge in [0.2, 0.25) is 0 Å². The first-order valence-electron chi connectivity index (χ1n) is 6.15. The van der Waals surface area contributed by atoms with E-state index in [0.717, 1.165) is 19.6 Å². The predicted molar refractivity (Wildman–Crippen MR) is 70.6 cm³/mol. The van der Waals surface area contributed by atoms with Gasteiger partial charge in [0.05, 0.1) is 0 Å². The lowest BCUT2D eigenvalue weighted by Gasteiger charge is -2.32. The fourth-order valence-electron chi connectivity index (χ4n) is 2.85. The molecule has 2 nitrogen and oxygen atoms in total. The quantitative estimate of drug-likeness (QED) is 0.854. The molecule has 1 saturated carbocycles. The third-order valence-corrected chi connectivity index (χ3v) is 4.57. The van der Waals surface area contributed by atoms with Gasteiger partial charge in [0.25, 0.3) is 0 Å². The molecule has 1 aliphatic rings. The standard InChI is InChI=1S/C13H22N2S/c1-15(9-12-5-4-8-16-12)11-13(10-14)6-2-3-7-13/h4-5,8H,2-3,6-7,9-11,14H2,1H3. The van der Waals surface area contributed by atoms with E-state index in [1.807, 2.05) is 11.3 Å². The molecule has 16 heavy (non-hydrogen) atoms. The van der Waals surface area contributed by atoms with E-state index >= 15 is 0 Å². The average Bonchev–Trinajstić information content (AvgIpc) is 2.90. The molecular weight excluding hydrogens is 216 g/mol. The zero-order valence-corrected chi connectivity index (χ0v) is 10.9. The van der Waals surface area contributed by atoms with Crippen LogP contribution >= 0.6 is 11.3 Å². The van der Waals surface area contributed by atoms with E-state index in [1.54, 1.807) is 0 Å². The fraction of sp³-hybridized carbons (Fsp3) is 0.692. The van der Waals surface area contributed by atoms with E-state index in [0.29, 0.717) is 5.41 Å². The van der Waals surface area contributed by atoms with Crippen molar-refractivity contribution in [3.8, 4) is 0 Å². The number of hydrogen-bond donors (Lipinski definition) is 1. The summed E-state index contributed by atoms with van der Waals surface area (Å²) < 4.78 is 0. The lowest BCUT2D eigenvalue weighted by Crippen LogP contribution is -2.38. The van der Waals surface area contributed by atoms with Gasteiger partial charge >= 0.3 is 0 Å². The third kappa shape index (κ3) is 2.84. The number of hydrogen-bond acceptors (Lipinski definition) is 3. The van der Waals surface area contributed by atoms with Gasteiger partial charge in [-0.1, -0.05) is 18.9 Å². The molecule has 1 fully saturated rings. The summed E-state index contributed by atoms with van der Waals surface area (Å²) in [5, 5.41) is 2.15. The number of rotatable bonds is 5. The van der Waals surface area contributed by atoms with Crippen molar-refractivity contribution >= 4 is 11.3 Å². The van der Waals surface area contributed by atoms with Gasteiger partial charge in [0.15, 0.2) is 0 Å². The first kappa shape index (κ1) is 12.1. The Morgan fingerprint density at radius 1 is 1.44 bits per heavy atom. The highest BCUT2D eigenvalue weighted by Crippen LogP contribution is 2.37.